The van der Waals surface area contributed by atoms with Crippen molar-refractivity contribution in [3.8, 4) is 0 Å². The van der Waals surface area contributed by atoms with E-state index in [4.69, 9.17) is 0 Å². The Morgan fingerprint density at radius 3 is 2.38 bits per heavy atom. The van der Waals surface area contributed by atoms with Gasteiger partial charge in [0.25, 0.3) is 10.0 Å². The van der Waals surface area contributed by atoms with E-state index in [0.717, 1.165) is 12.1 Å². The summed E-state index contributed by atoms with van der Waals surface area (Å²) in [5.74, 6) is -1.54. The van der Waals surface area contributed by atoms with Crippen LogP contribution in [0.15, 0.2) is 44.2 Å². The van der Waals surface area contributed by atoms with Crippen LogP contribution in [0.3, 0.4) is 0 Å². The summed E-state index contributed by atoms with van der Waals surface area (Å²) in [6.45, 7) is 1.39. The number of aryl methyl sites for hydroxylation is 1. The summed E-state index contributed by atoms with van der Waals surface area (Å²) in [6, 6.07) is 6.28. The SMILES string of the molecule is Cc1cc(F)c(NS(=O)(=O)c2cc(Br)ccc2Br)cc1F. The third-order valence-corrected chi connectivity index (χ3v) is 5.53. The molecular weight excluding hydrogens is 432 g/mol. The van der Waals surface area contributed by atoms with Crippen LogP contribution < -0.4 is 4.72 Å². The molecule has 0 amide bonds. The lowest BCUT2D eigenvalue weighted by molar-refractivity contribution is 0.590. The van der Waals surface area contributed by atoms with Crippen molar-refractivity contribution in [2.24, 2.45) is 0 Å². The van der Waals surface area contributed by atoms with E-state index >= 15 is 0 Å². The highest BCUT2D eigenvalue weighted by Crippen LogP contribution is 2.28. The van der Waals surface area contributed by atoms with Crippen LogP contribution in [0.1, 0.15) is 5.56 Å². The molecule has 0 spiro atoms. The first-order valence-corrected chi connectivity index (χ1v) is 8.71. The summed E-state index contributed by atoms with van der Waals surface area (Å²) in [4.78, 5) is -0.0859. The fourth-order valence-electron chi connectivity index (χ4n) is 1.61. The zero-order valence-electron chi connectivity index (χ0n) is 10.6. The zero-order valence-corrected chi connectivity index (χ0v) is 14.6. The number of nitrogens with one attached hydrogen (secondary N) is 1. The van der Waals surface area contributed by atoms with Crippen LogP contribution in [-0.4, -0.2) is 8.42 Å². The molecule has 0 fully saturated rings. The van der Waals surface area contributed by atoms with E-state index in [9.17, 15) is 17.2 Å². The van der Waals surface area contributed by atoms with E-state index in [1.165, 1.54) is 19.1 Å². The van der Waals surface area contributed by atoms with Crippen molar-refractivity contribution < 1.29 is 17.2 Å². The molecule has 2 aromatic carbocycles. The van der Waals surface area contributed by atoms with Crippen LogP contribution in [0.5, 0.6) is 0 Å². The van der Waals surface area contributed by atoms with Gasteiger partial charge in [0.05, 0.1) is 5.69 Å². The average Bonchev–Trinajstić information content (AvgIpc) is 2.38. The number of hydrogen-bond acceptors (Lipinski definition) is 2. The van der Waals surface area contributed by atoms with Gasteiger partial charge in [-0.3, -0.25) is 4.72 Å². The van der Waals surface area contributed by atoms with Gasteiger partial charge in [0.15, 0.2) is 0 Å². The van der Waals surface area contributed by atoms with Crippen LogP contribution in [0.2, 0.25) is 0 Å². The molecule has 0 aliphatic carbocycles. The molecule has 0 heterocycles. The van der Waals surface area contributed by atoms with Gasteiger partial charge in [-0.15, -0.1) is 0 Å². The van der Waals surface area contributed by atoms with Crippen LogP contribution in [-0.2, 0) is 10.0 Å². The summed E-state index contributed by atoms with van der Waals surface area (Å²) < 4.78 is 54.6. The van der Waals surface area contributed by atoms with Crippen molar-refractivity contribution in [2.75, 3.05) is 4.72 Å². The molecule has 0 bridgehead atoms. The molecule has 21 heavy (non-hydrogen) atoms. The van der Waals surface area contributed by atoms with Crippen molar-refractivity contribution in [1.82, 2.24) is 0 Å². The molecule has 8 heteroatoms. The first-order chi connectivity index (χ1) is 9.70. The number of rotatable bonds is 3. The maximum absolute atomic E-state index is 13.7. The largest absolute Gasteiger partial charge is 0.277 e. The van der Waals surface area contributed by atoms with Gasteiger partial charge in [-0.1, -0.05) is 15.9 Å². The second-order valence-electron chi connectivity index (χ2n) is 4.26. The zero-order chi connectivity index (χ0) is 15.8. The smallest absolute Gasteiger partial charge is 0.263 e. The molecule has 1 N–H and O–H groups in total. The number of hydrogen-bond donors (Lipinski definition) is 1. The van der Waals surface area contributed by atoms with Gasteiger partial charge in [0.1, 0.15) is 16.5 Å². The number of sulfonamides is 1. The molecule has 2 rings (SSSR count). The summed E-state index contributed by atoms with van der Waals surface area (Å²) >= 11 is 6.28. The minimum absolute atomic E-state index is 0.0859. The standard InChI is InChI=1S/C13H9Br2F2NO2S/c1-7-4-11(17)12(6-10(7)16)18-21(19,20)13-5-8(14)2-3-9(13)15/h2-6,18H,1H3. The first kappa shape index (κ1) is 16.4. The Morgan fingerprint density at radius 1 is 1.05 bits per heavy atom. The molecule has 0 aliphatic heterocycles. The van der Waals surface area contributed by atoms with E-state index in [1.807, 2.05) is 4.72 Å². The lowest BCUT2D eigenvalue weighted by Gasteiger charge is -2.11. The number of anilines is 1. The van der Waals surface area contributed by atoms with Crippen molar-refractivity contribution in [2.45, 2.75) is 11.8 Å². The summed E-state index contributed by atoms with van der Waals surface area (Å²) in [5, 5.41) is 0. The summed E-state index contributed by atoms with van der Waals surface area (Å²) in [7, 11) is -4.05. The minimum Gasteiger partial charge on any atom is -0.277 e. The molecule has 112 valence electrons. The quantitative estimate of drug-likeness (QED) is 0.758. The van der Waals surface area contributed by atoms with Gasteiger partial charge < -0.3 is 0 Å². The maximum atomic E-state index is 13.7. The summed E-state index contributed by atoms with van der Waals surface area (Å²) in [6.07, 6.45) is 0. The van der Waals surface area contributed by atoms with Crippen LogP contribution >= 0.6 is 31.9 Å². The molecule has 3 nitrogen and oxygen atoms in total. The third-order valence-electron chi connectivity index (χ3n) is 2.68. The summed E-state index contributed by atoms with van der Waals surface area (Å²) in [5.41, 5.74) is -0.343. The third kappa shape index (κ3) is 3.61. The Labute approximate surface area is 137 Å². The lowest BCUT2D eigenvalue weighted by Crippen LogP contribution is -2.15. The van der Waals surface area contributed by atoms with Crippen LogP contribution in [0, 0.1) is 18.6 Å². The molecule has 0 aliphatic rings. The Hall–Kier alpha value is -0.990. The molecule has 0 radical (unpaired) electrons. The van der Waals surface area contributed by atoms with Crippen molar-refractivity contribution in [1.29, 1.82) is 0 Å². The second kappa shape index (κ2) is 6.02. The molecule has 0 aromatic heterocycles. The Bertz CT molecular complexity index is 810. The van der Waals surface area contributed by atoms with Gasteiger partial charge in [-0.2, -0.15) is 0 Å². The van der Waals surface area contributed by atoms with E-state index in [2.05, 4.69) is 31.9 Å². The maximum Gasteiger partial charge on any atom is 0.263 e. The Balaban J connectivity index is 2.47. The number of halogens is 4. The average molecular weight is 441 g/mol. The molecule has 0 atom stereocenters. The predicted molar refractivity (Wildman–Crippen MR) is 83.7 cm³/mol. The Kier molecular flexibility index (Phi) is 4.69. The molecule has 0 saturated heterocycles. The predicted octanol–water partition coefficient (Wildman–Crippen LogP) is 4.60. The second-order valence-corrected chi connectivity index (χ2v) is 7.68. The highest BCUT2D eigenvalue weighted by atomic mass is 79.9. The van der Waals surface area contributed by atoms with Crippen molar-refractivity contribution in [3.63, 3.8) is 0 Å². The Morgan fingerprint density at radius 2 is 1.71 bits per heavy atom. The van der Waals surface area contributed by atoms with Gasteiger partial charge >= 0.3 is 0 Å². The molecule has 0 unspecified atom stereocenters. The topological polar surface area (TPSA) is 46.2 Å². The van der Waals surface area contributed by atoms with Crippen molar-refractivity contribution >= 4 is 47.6 Å². The van der Waals surface area contributed by atoms with Gasteiger partial charge in [-0.05, 0) is 52.7 Å². The van der Waals surface area contributed by atoms with Gasteiger partial charge in [0, 0.05) is 15.0 Å². The highest BCUT2D eigenvalue weighted by molar-refractivity contribution is 9.11. The van der Waals surface area contributed by atoms with Gasteiger partial charge in [0.2, 0.25) is 0 Å². The van der Waals surface area contributed by atoms with E-state index in [-0.39, 0.29) is 10.5 Å². The lowest BCUT2D eigenvalue weighted by atomic mass is 10.2. The fourth-order valence-corrected chi connectivity index (χ4v) is 4.17. The first-order valence-electron chi connectivity index (χ1n) is 5.64. The van der Waals surface area contributed by atoms with Crippen LogP contribution in [0.4, 0.5) is 14.5 Å². The molecular formula is C13H9Br2F2NO2S. The van der Waals surface area contributed by atoms with Gasteiger partial charge in [-0.25, -0.2) is 17.2 Å². The number of benzene rings is 2. The van der Waals surface area contributed by atoms with E-state index in [0.29, 0.717) is 8.95 Å². The molecule has 2 aromatic rings. The molecule has 0 saturated carbocycles. The van der Waals surface area contributed by atoms with E-state index in [1.54, 1.807) is 6.07 Å². The van der Waals surface area contributed by atoms with Crippen molar-refractivity contribution in [3.05, 3.63) is 56.5 Å². The minimum atomic E-state index is -4.05. The fraction of sp³-hybridized carbons (Fsp3) is 0.0769. The monoisotopic (exact) mass is 439 g/mol. The normalized spacial score (nSPS) is 11.5. The van der Waals surface area contributed by atoms with E-state index < -0.39 is 27.3 Å². The van der Waals surface area contributed by atoms with Crippen LogP contribution in [0.25, 0.3) is 0 Å². The highest BCUT2D eigenvalue weighted by Gasteiger charge is 2.20.